The number of thiophene rings is 1. The Morgan fingerprint density at radius 1 is 1.23 bits per heavy atom. The molecule has 0 radical (unpaired) electrons. The Labute approximate surface area is 152 Å². The van der Waals surface area contributed by atoms with Crippen molar-refractivity contribution in [2.45, 2.75) is 24.2 Å². The van der Waals surface area contributed by atoms with Gasteiger partial charge in [-0.25, -0.2) is 13.6 Å². The summed E-state index contributed by atoms with van der Waals surface area (Å²) in [5.41, 5.74) is 2.06. The molecule has 1 amide bonds. The van der Waals surface area contributed by atoms with Crippen molar-refractivity contribution in [2.24, 2.45) is 5.14 Å². The first-order valence-corrected chi connectivity index (χ1v) is 10.1. The number of rotatable bonds is 4. The highest BCUT2D eigenvalue weighted by atomic mass is 32.2. The van der Waals surface area contributed by atoms with Gasteiger partial charge in [-0.2, -0.15) is 4.68 Å². The van der Waals surface area contributed by atoms with Gasteiger partial charge in [-0.15, -0.1) is 16.4 Å². The number of nitrogens with zero attached hydrogens (tertiary/aromatic N) is 4. The number of carbonyl (C=O) groups excluding carboxylic acids is 1. The number of sulfonamides is 1. The molecule has 1 aliphatic rings. The van der Waals surface area contributed by atoms with Crippen LogP contribution in [0.1, 0.15) is 27.2 Å². The minimum atomic E-state index is -3.77. The smallest absolute Gasteiger partial charge is 0.259 e. The molecule has 26 heavy (non-hydrogen) atoms. The number of tetrazole rings is 1. The fourth-order valence-electron chi connectivity index (χ4n) is 2.96. The van der Waals surface area contributed by atoms with Gasteiger partial charge in [0.05, 0.1) is 10.5 Å². The van der Waals surface area contributed by atoms with Crippen LogP contribution in [0.2, 0.25) is 0 Å². The number of nitrogens with two attached hydrogens (primary N) is 1. The first kappa shape index (κ1) is 16.8. The SMILES string of the molecule is NS(=O)(=O)c1ccc(NC(=O)c2c(-n3cnnn3)sc3c2CCC3)cc1. The highest BCUT2D eigenvalue weighted by Gasteiger charge is 2.28. The zero-order valence-electron chi connectivity index (χ0n) is 13.4. The molecule has 2 aromatic heterocycles. The summed E-state index contributed by atoms with van der Waals surface area (Å²) < 4.78 is 24.1. The quantitative estimate of drug-likeness (QED) is 0.686. The van der Waals surface area contributed by atoms with Crippen LogP contribution in [0.25, 0.3) is 5.00 Å². The molecule has 1 aliphatic carbocycles. The maximum absolute atomic E-state index is 12.9. The zero-order chi connectivity index (χ0) is 18.3. The fraction of sp³-hybridized carbons (Fsp3) is 0.200. The van der Waals surface area contributed by atoms with Gasteiger partial charge in [0.25, 0.3) is 5.91 Å². The number of anilines is 1. The standard InChI is InChI=1S/C15H14N6O3S2/c16-26(23,24)10-6-4-9(5-7-10)18-14(22)13-11-2-1-3-12(11)25-15(13)21-8-17-19-20-21/h4-8H,1-3H2,(H,18,22)(H2,16,23,24). The van der Waals surface area contributed by atoms with E-state index in [4.69, 9.17) is 5.14 Å². The second kappa shape index (κ2) is 6.27. The molecule has 0 atom stereocenters. The van der Waals surface area contributed by atoms with E-state index in [1.807, 2.05) is 0 Å². The maximum Gasteiger partial charge on any atom is 0.259 e. The Kier molecular flexibility index (Phi) is 4.05. The van der Waals surface area contributed by atoms with E-state index in [9.17, 15) is 13.2 Å². The average molecular weight is 390 g/mol. The molecule has 0 saturated heterocycles. The molecule has 11 heteroatoms. The summed E-state index contributed by atoms with van der Waals surface area (Å²) in [4.78, 5) is 14.1. The van der Waals surface area contributed by atoms with Crippen molar-refractivity contribution in [1.82, 2.24) is 20.2 Å². The Morgan fingerprint density at radius 2 is 2.00 bits per heavy atom. The number of nitrogens with one attached hydrogen (secondary N) is 1. The van der Waals surface area contributed by atoms with Gasteiger partial charge in [0.1, 0.15) is 11.3 Å². The molecule has 0 bridgehead atoms. The summed E-state index contributed by atoms with van der Waals surface area (Å²) in [6.07, 6.45) is 4.24. The van der Waals surface area contributed by atoms with Gasteiger partial charge in [-0.1, -0.05) is 0 Å². The lowest BCUT2D eigenvalue weighted by atomic mass is 10.1. The van der Waals surface area contributed by atoms with Gasteiger partial charge in [0.2, 0.25) is 10.0 Å². The number of aryl methyl sites for hydroxylation is 1. The van der Waals surface area contributed by atoms with Crippen molar-refractivity contribution < 1.29 is 13.2 Å². The highest BCUT2D eigenvalue weighted by Crippen LogP contribution is 2.37. The van der Waals surface area contributed by atoms with E-state index in [0.29, 0.717) is 16.3 Å². The summed E-state index contributed by atoms with van der Waals surface area (Å²) >= 11 is 1.51. The molecule has 0 aliphatic heterocycles. The summed E-state index contributed by atoms with van der Waals surface area (Å²) in [6, 6.07) is 5.71. The van der Waals surface area contributed by atoms with Gasteiger partial charge in [-0.3, -0.25) is 4.79 Å². The number of aromatic nitrogens is 4. The van der Waals surface area contributed by atoms with Gasteiger partial charge in [-0.05, 0) is 59.5 Å². The largest absolute Gasteiger partial charge is 0.322 e. The molecule has 4 rings (SSSR count). The van der Waals surface area contributed by atoms with Gasteiger partial charge in [0, 0.05) is 10.6 Å². The summed E-state index contributed by atoms with van der Waals surface area (Å²) in [5.74, 6) is -0.279. The molecule has 0 spiro atoms. The number of amides is 1. The zero-order valence-corrected chi connectivity index (χ0v) is 15.0. The summed E-state index contributed by atoms with van der Waals surface area (Å²) in [6.45, 7) is 0. The molecule has 9 nitrogen and oxygen atoms in total. The molecular weight excluding hydrogens is 376 g/mol. The van der Waals surface area contributed by atoms with Crippen molar-refractivity contribution in [3.05, 3.63) is 46.6 Å². The molecule has 0 unspecified atom stereocenters. The molecule has 1 aromatic carbocycles. The van der Waals surface area contributed by atoms with Gasteiger partial charge in [0.15, 0.2) is 0 Å². The molecule has 0 saturated carbocycles. The first-order chi connectivity index (χ1) is 12.4. The van der Waals surface area contributed by atoms with Crippen LogP contribution in [0.4, 0.5) is 5.69 Å². The molecule has 2 heterocycles. The minimum Gasteiger partial charge on any atom is -0.322 e. The lowest BCUT2D eigenvalue weighted by Crippen LogP contribution is -2.16. The molecule has 3 N–H and O–H groups in total. The van der Waals surface area contributed by atoms with Crippen LogP contribution >= 0.6 is 11.3 Å². The lowest BCUT2D eigenvalue weighted by molar-refractivity contribution is 0.102. The van der Waals surface area contributed by atoms with E-state index in [2.05, 4.69) is 20.8 Å². The predicted molar refractivity (Wildman–Crippen MR) is 94.8 cm³/mol. The summed E-state index contributed by atoms with van der Waals surface area (Å²) in [5, 5.41) is 19.7. The number of hydrogen-bond donors (Lipinski definition) is 2. The second-order valence-corrected chi connectivity index (χ2v) is 8.46. The topological polar surface area (TPSA) is 133 Å². The Balaban J connectivity index is 1.67. The van der Waals surface area contributed by atoms with Crippen molar-refractivity contribution in [1.29, 1.82) is 0 Å². The number of benzene rings is 1. The third-order valence-corrected chi connectivity index (χ3v) is 6.34. The number of fused-ring (bicyclic) bond motifs is 1. The first-order valence-electron chi connectivity index (χ1n) is 7.75. The van der Waals surface area contributed by atoms with Crippen LogP contribution in [0.3, 0.4) is 0 Å². The van der Waals surface area contributed by atoms with Gasteiger partial charge < -0.3 is 5.32 Å². The number of carbonyl (C=O) groups is 1. The highest BCUT2D eigenvalue weighted by molar-refractivity contribution is 7.89. The Morgan fingerprint density at radius 3 is 2.65 bits per heavy atom. The van der Waals surface area contributed by atoms with Crippen molar-refractivity contribution in [3.63, 3.8) is 0 Å². The third-order valence-electron chi connectivity index (χ3n) is 4.13. The normalized spacial score (nSPS) is 13.6. The predicted octanol–water partition coefficient (Wildman–Crippen LogP) is 1.11. The molecule has 134 valence electrons. The van der Waals surface area contributed by atoms with Crippen LogP contribution in [-0.2, 0) is 22.9 Å². The fourth-order valence-corrected chi connectivity index (χ4v) is 4.78. The monoisotopic (exact) mass is 390 g/mol. The summed E-state index contributed by atoms with van der Waals surface area (Å²) in [7, 11) is -3.77. The Hall–Kier alpha value is -2.63. The second-order valence-electron chi connectivity index (χ2n) is 5.82. The van der Waals surface area contributed by atoms with E-state index >= 15 is 0 Å². The molecule has 3 aromatic rings. The van der Waals surface area contributed by atoms with Crippen LogP contribution < -0.4 is 10.5 Å². The van der Waals surface area contributed by atoms with E-state index < -0.39 is 10.0 Å². The van der Waals surface area contributed by atoms with E-state index in [1.165, 1.54) is 51.5 Å². The molecular formula is C15H14N6O3S2. The van der Waals surface area contributed by atoms with E-state index in [-0.39, 0.29) is 10.8 Å². The third kappa shape index (κ3) is 3.00. The molecule has 0 fully saturated rings. The van der Waals surface area contributed by atoms with E-state index in [1.54, 1.807) is 0 Å². The van der Waals surface area contributed by atoms with Gasteiger partial charge >= 0.3 is 0 Å². The Bertz CT molecular complexity index is 1070. The number of hydrogen-bond acceptors (Lipinski definition) is 7. The number of primary sulfonamides is 1. The average Bonchev–Trinajstić information content (AvgIpc) is 3.30. The van der Waals surface area contributed by atoms with Crippen LogP contribution in [-0.4, -0.2) is 34.5 Å². The van der Waals surface area contributed by atoms with E-state index in [0.717, 1.165) is 24.8 Å². The van der Waals surface area contributed by atoms with Crippen molar-refractivity contribution >= 4 is 33.0 Å². The van der Waals surface area contributed by atoms with Crippen LogP contribution in [0, 0.1) is 0 Å². The van der Waals surface area contributed by atoms with Crippen LogP contribution in [0.5, 0.6) is 0 Å². The van der Waals surface area contributed by atoms with Crippen molar-refractivity contribution in [3.8, 4) is 5.00 Å². The minimum absolute atomic E-state index is 0.0127. The van der Waals surface area contributed by atoms with Crippen molar-refractivity contribution in [2.75, 3.05) is 5.32 Å². The lowest BCUT2D eigenvalue weighted by Gasteiger charge is -2.08. The van der Waals surface area contributed by atoms with Crippen LogP contribution in [0.15, 0.2) is 35.5 Å². The maximum atomic E-state index is 12.9.